The van der Waals surface area contributed by atoms with E-state index >= 15 is 0 Å². The molecule has 1 saturated heterocycles. The molecule has 1 unspecified atom stereocenters. The van der Waals surface area contributed by atoms with Crippen LogP contribution in [0.15, 0.2) is 18.2 Å². The Morgan fingerprint density at radius 1 is 1.45 bits per heavy atom. The van der Waals surface area contributed by atoms with Crippen molar-refractivity contribution in [2.45, 2.75) is 18.9 Å². The number of rotatable bonds is 3. The maximum atomic E-state index is 12.3. The second kappa shape index (κ2) is 5.16. The van der Waals surface area contributed by atoms with Crippen LogP contribution in [0.4, 0.5) is 5.69 Å². The van der Waals surface area contributed by atoms with Gasteiger partial charge in [0.25, 0.3) is 5.91 Å². The summed E-state index contributed by atoms with van der Waals surface area (Å²) < 4.78 is 0. The van der Waals surface area contributed by atoms with Gasteiger partial charge in [-0.05, 0) is 18.9 Å². The Labute approximate surface area is 113 Å². The lowest BCUT2D eigenvalue weighted by molar-refractivity contribution is -0.385. The lowest BCUT2D eigenvalue weighted by atomic mass is 10.1. The fraction of sp³-hybridized carbons (Fsp3) is 0.333. The third-order valence-corrected chi connectivity index (χ3v) is 3.28. The first kappa shape index (κ1) is 13.8. The fourth-order valence-corrected chi connectivity index (χ4v) is 2.31. The number of aromatic hydroxyl groups is 1. The lowest BCUT2D eigenvalue weighted by Gasteiger charge is -2.22. The van der Waals surface area contributed by atoms with Crippen molar-refractivity contribution >= 4 is 17.5 Å². The summed E-state index contributed by atoms with van der Waals surface area (Å²) in [5.74, 6) is -1.95. The van der Waals surface area contributed by atoms with Gasteiger partial charge in [0, 0.05) is 12.6 Å². The molecule has 1 aliphatic rings. The lowest BCUT2D eigenvalue weighted by Crippen LogP contribution is -2.43. The van der Waals surface area contributed by atoms with Crippen LogP contribution in [-0.4, -0.2) is 39.3 Å². The van der Waals surface area contributed by atoms with E-state index in [0.29, 0.717) is 19.4 Å². The topological polar surface area (TPSA) is 127 Å². The van der Waals surface area contributed by atoms with Crippen LogP contribution in [0, 0.1) is 10.1 Å². The number of benzene rings is 1. The van der Waals surface area contributed by atoms with Gasteiger partial charge in [-0.15, -0.1) is 0 Å². The molecule has 0 radical (unpaired) electrons. The number of nitro benzene ring substituents is 1. The number of primary amides is 1. The maximum absolute atomic E-state index is 12.3. The van der Waals surface area contributed by atoms with Gasteiger partial charge in [-0.1, -0.05) is 6.07 Å². The van der Waals surface area contributed by atoms with Gasteiger partial charge in [-0.3, -0.25) is 19.7 Å². The summed E-state index contributed by atoms with van der Waals surface area (Å²) >= 11 is 0. The van der Waals surface area contributed by atoms with Crippen molar-refractivity contribution in [2.24, 2.45) is 5.73 Å². The molecule has 1 aromatic rings. The standard InChI is InChI=1S/C12H13N3O5/c13-11(17)9-5-2-6-14(9)12(18)7-3-1-4-8(10(7)16)15(19)20/h1,3-4,9,16H,2,5-6H2,(H2,13,17). The minimum atomic E-state index is -0.776. The third-order valence-electron chi connectivity index (χ3n) is 3.28. The van der Waals surface area contributed by atoms with Gasteiger partial charge in [-0.25, -0.2) is 0 Å². The number of phenolic OH excluding ortho intramolecular Hbond substituents is 1. The minimum absolute atomic E-state index is 0.202. The Hall–Kier alpha value is -2.64. The van der Waals surface area contributed by atoms with Crippen LogP contribution in [0.25, 0.3) is 0 Å². The summed E-state index contributed by atoms with van der Waals surface area (Å²) in [5.41, 5.74) is 4.46. The maximum Gasteiger partial charge on any atom is 0.311 e. The first-order valence-corrected chi connectivity index (χ1v) is 6.00. The van der Waals surface area contributed by atoms with Gasteiger partial charge in [0.1, 0.15) is 6.04 Å². The fourth-order valence-electron chi connectivity index (χ4n) is 2.31. The van der Waals surface area contributed by atoms with Crippen LogP contribution >= 0.6 is 0 Å². The smallest absolute Gasteiger partial charge is 0.311 e. The number of phenols is 1. The van der Waals surface area contributed by atoms with Crippen molar-refractivity contribution in [3.8, 4) is 5.75 Å². The molecule has 0 bridgehead atoms. The molecule has 1 atom stereocenters. The van der Waals surface area contributed by atoms with Crippen molar-refractivity contribution in [2.75, 3.05) is 6.54 Å². The highest BCUT2D eigenvalue weighted by Crippen LogP contribution is 2.31. The van der Waals surface area contributed by atoms with Crippen molar-refractivity contribution < 1.29 is 19.6 Å². The van der Waals surface area contributed by atoms with Crippen LogP contribution < -0.4 is 5.73 Å². The first-order valence-electron chi connectivity index (χ1n) is 6.00. The molecule has 2 rings (SSSR count). The molecule has 1 aliphatic heterocycles. The number of hydrogen-bond acceptors (Lipinski definition) is 5. The summed E-state index contributed by atoms with van der Waals surface area (Å²) in [7, 11) is 0. The Balaban J connectivity index is 2.37. The molecule has 8 heteroatoms. The number of likely N-dealkylation sites (tertiary alicyclic amines) is 1. The van der Waals surface area contributed by atoms with Gasteiger partial charge in [-0.2, -0.15) is 0 Å². The van der Waals surface area contributed by atoms with Crippen LogP contribution in [0.2, 0.25) is 0 Å². The van der Waals surface area contributed by atoms with Gasteiger partial charge < -0.3 is 15.7 Å². The SMILES string of the molecule is NC(=O)C1CCCN1C(=O)c1cccc([N+](=O)[O-])c1O. The second-order valence-electron chi connectivity index (χ2n) is 4.49. The Kier molecular flexibility index (Phi) is 3.55. The molecule has 106 valence electrons. The molecule has 0 saturated carbocycles. The number of nitro groups is 1. The van der Waals surface area contributed by atoms with Crippen LogP contribution in [0.3, 0.4) is 0 Å². The van der Waals surface area contributed by atoms with E-state index in [2.05, 4.69) is 0 Å². The van der Waals surface area contributed by atoms with Crippen LogP contribution in [0.1, 0.15) is 23.2 Å². The third kappa shape index (κ3) is 2.27. The summed E-state index contributed by atoms with van der Waals surface area (Å²) in [6, 6.07) is 2.95. The normalized spacial score (nSPS) is 18.0. The molecule has 1 heterocycles. The van der Waals surface area contributed by atoms with Crippen molar-refractivity contribution in [3.05, 3.63) is 33.9 Å². The van der Waals surface area contributed by atoms with Gasteiger partial charge in [0.05, 0.1) is 10.5 Å². The van der Waals surface area contributed by atoms with E-state index in [0.717, 1.165) is 6.07 Å². The zero-order valence-corrected chi connectivity index (χ0v) is 10.5. The molecule has 20 heavy (non-hydrogen) atoms. The number of amides is 2. The predicted octanol–water partition coefficient (Wildman–Crippen LogP) is 0.390. The minimum Gasteiger partial charge on any atom is -0.502 e. The zero-order chi connectivity index (χ0) is 14.9. The second-order valence-corrected chi connectivity index (χ2v) is 4.49. The first-order chi connectivity index (χ1) is 9.43. The quantitative estimate of drug-likeness (QED) is 0.611. The Morgan fingerprint density at radius 3 is 2.75 bits per heavy atom. The van der Waals surface area contributed by atoms with Gasteiger partial charge in [0.15, 0.2) is 0 Å². The number of para-hydroxylation sites is 1. The van der Waals surface area contributed by atoms with Gasteiger partial charge >= 0.3 is 5.69 Å². The van der Waals surface area contributed by atoms with E-state index < -0.39 is 34.2 Å². The highest BCUT2D eigenvalue weighted by atomic mass is 16.6. The average molecular weight is 279 g/mol. The molecule has 2 amide bonds. The number of carbonyl (C=O) groups is 2. The van der Waals surface area contributed by atoms with Crippen LogP contribution in [0.5, 0.6) is 5.75 Å². The molecule has 1 aromatic carbocycles. The van der Waals surface area contributed by atoms with E-state index in [1.807, 2.05) is 0 Å². The largest absolute Gasteiger partial charge is 0.502 e. The number of nitrogens with zero attached hydrogens (tertiary/aromatic N) is 2. The zero-order valence-electron chi connectivity index (χ0n) is 10.5. The summed E-state index contributed by atoms with van der Waals surface area (Å²) in [5, 5.41) is 20.5. The van der Waals surface area contributed by atoms with Gasteiger partial charge in [0.2, 0.25) is 11.7 Å². The Morgan fingerprint density at radius 2 is 2.15 bits per heavy atom. The number of nitrogens with two attached hydrogens (primary N) is 1. The van der Waals surface area contributed by atoms with E-state index in [1.165, 1.54) is 17.0 Å². The van der Waals surface area contributed by atoms with E-state index in [1.54, 1.807) is 0 Å². The molecule has 0 aromatic heterocycles. The summed E-state index contributed by atoms with van der Waals surface area (Å²) in [6.45, 7) is 0.328. The number of hydrogen-bond donors (Lipinski definition) is 2. The van der Waals surface area contributed by atoms with E-state index in [9.17, 15) is 24.8 Å². The van der Waals surface area contributed by atoms with E-state index in [4.69, 9.17) is 5.73 Å². The summed E-state index contributed by atoms with van der Waals surface area (Å²) in [6.07, 6.45) is 1.08. The van der Waals surface area contributed by atoms with Crippen molar-refractivity contribution in [1.29, 1.82) is 0 Å². The van der Waals surface area contributed by atoms with Crippen LogP contribution in [-0.2, 0) is 4.79 Å². The highest BCUT2D eigenvalue weighted by Gasteiger charge is 2.35. The van der Waals surface area contributed by atoms with E-state index in [-0.39, 0.29) is 5.56 Å². The molecule has 3 N–H and O–H groups in total. The molecule has 0 aliphatic carbocycles. The molecule has 0 spiro atoms. The monoisotopic (exact) mass is 279 g/mol. The van der Waals surface area contributed by atoms with Crippen molar-refractivity contribution in [1.82, 2.24) is 4.90 Å². The molecular formula is C12H13N3O5. The average Bonchev–Trinajstić information content (AvgIpc) is 2.87. The predicted molar refractivity (Wildman–Crippen MR) is 68.0 cm³/mol. The molecule has 1 fully saturated rings. The molecular weight excluding hydrogens is 266 g/mol. The molecule has 8 nitrogen and oxygen atoms in total. The van der Waals surface area contributed by atoms with Crippen molar-refractivity contribution in [3.63, 3.8) is 0 Å². The number of carbonyl (C=O) groups excluding carboxylic acids is 2. The Bertz CT molecular complexity index is 586. The summed E-state index contributed by atoms with van der Waals surface area (Å²) in [4.78, 5) is 34.8. The highest BCUT2D eigenvalue weighted by molar-refractivity contribution is 6.00.